The highest BCUT2D eigenvalue weighted by molar-refractivity contribution is 7.89. The molecule has 26 heavy (non-hydrogen) atoms. The molecule has 2 aromatic rings. The standard InChI is InChI=1S/C18H21ClN2O4S/c1-3-21-26(24,25)15-8-7-12(2)16(10-15)18(23)20-11-17(22)13-5-4-6-14(19)9-13/h4-10,17,21-22H,3,11H2,1-2H3,(H,20,23). The number of hydrogen-bond acceptors (Lipinski definition) is 4. The van der Waals surface area contributed by atoms with E-state index in [0.29, 0.717) is 16.1 Å². The second kappa shape index (κ2) is 8.64. The molecule has 6 nitrogen and oxygen atoms in total. The molecule has 0 bridgehead atoms. The number of carbonyl (C=O) groups excluding carboxylic acids is 1. The molecule has 0 saturated carbocycles. The van der Waals surface area contributed by atoms with Gasteiger partial charge in [-0.05, 0) is 42.3 Å². The SMILES string of the molecule is CCNS(=O)(=O)c1ccc(C)c(C(=O)NCC(O)c2cccc(Cl)c2)c1. The molecular formula is C18H21ClN2O4S. The van der Waals surface area contributed by atoms with E-state index in [-0.39, 0.29) is 23.5 Å². The summed E-state index contributed by atoms with van der Waals surface area (Å²) in [5, 5.41) is 13.3. The zero-order valence-corrected chi connectivity index (χ0v) is 16.1. The third-order valence-electron chi connectivity index (χ3n) is 3.79. The van der Waals surface area contributed by atoms with Gasteiger partial charge in [-0.15, -0.1) is 0 Å². The molecular weight excluding hydrogens is 376 g/mol. The van der Waals surface area contributed by atoms with Crippen LogP contribution in [0.25, 0.3) is 0 Å². The molecule has 1 atom stereocenters. The molecule has 8 heteroatoms. The van der Waals surface area contributed by atoms with Crippen LogP contribution in [0, 0.1) is 6.92 Å². The van der Waals surface area contributed by atoms with Crippen LogP contribution in [0.1, 0.15) is 34.5 Å². The van der Waals surface area contributed by atoms with Crippen LogP contribution in [-0.2, 0) is 10.0 Å². The minimum absolute atomic E-state index is 0.0190. The van der Waals surface area contributed by atoms with E-state index in [2.05, 4.69) is 10.0 Å². The van der Waals surface area contributed by atoms with Gasteiger partial charge in [0.2, 0.25) is 10.0 Å². The van der Waals surface area contributed by atoms with Crippen molar-refractivity contribution < 1.29 is 18.3 Å². The zero-order valence-electron chi connectivity index (χ0n) is 14.5. The molecule has 1 unspecified atom stereocenters. The lowest BCUT2D eigenvalue weighted by Gasteiger charge is -2.14. The van der Waals surface area contributed by atoms with Gasteiger partial charge in [-0.1, -0.05) is 36.7 Å². The Morgan fingerprint density at radius 2 is 1.96 bits per heavy atom. The van der Waals surface area contributed by atoms with Gasteiger partial charge in [0.15, 0.2) is 0 Å². The fourth-order valence-corrected chi connectivity index (χ4v) is 3.67. The van der Waals surface area contributed by atoms with Crippen LogP contribution >= 0.6 is 11.6 Å². The van der Waals surface area contributed by atoms with Crippen molar-refractivity contribution in [1.82, 2.24) is 10.0 Å². The van der Waals surface area contributed by atoms with Gasteiger partial charge in [0.25, 0.3) is 5.91 Å². The Hall–Kier alpha value is -1.93. The number of halogens is 1. The van der Waals surface area contributed by atoms with Gasteiger partial charge in [-0.2, -0.15) is 0 Å². The van der Waals surface area contributed by atoms with Gasteiger partial charge in [-0.3, -0.25) is 4.79 Å². The predicted octanol–water partition coefficient (Wildman–Crippen LogP) is 2.41. The summed E-state index contributed by atoms with van der Waals surface area (Å²) in [7, 11) is -3.66. The quantitative estimate of drug-likeness (QED) is 0.669. The Morgan fingerprint density at radius 3 is 2.62 bits per heavy atom. The van der Waals surface area contributed by atoms with Crippen molar-refractivity contribution in [1.29, 1.82) is 0 Å². The molecule has 1 amide bonds. The van der Waals surface area contributed by atoms with E-state index in [1.807, 2.05) is 0 Å². The summed E-state index contributed by atoms with van der Waals surface area (Å²) in [5.74, 6) is -0.461. The van der Waals surface area contributed by atoms with Crippen LogP contribution < -0.4 is 10.0 Å². The number of benzene rings is 2. The molecule has 140 valence electrons. The number of carbonyl (C=O) groups is 1. The Kier molecular flexibility index (Phi) is 6.77. The second-order valence-electron chi connectivity index (χ2n) is 5.76. The summed E-state index contributed by atoms with van der Waals surface area (Å²) in [4.78, 5) is 12.5. The first-order valence-corrected chi connectivity index (χ1v) is 9.92. The zero-order chi connectivity index (χ0) is 19.3. The highest BCUT2D eigenvalue weighted by atomic mass is 35.5. The highest BCUT2D eigenvalue weighted by Gasteiger charge is 2.18. The smallest absolute Gasteiger partial charge is 0.251 e. The molecule has 0 saturated heterocycles. The maximum atomic E-state index is 12.4. The van der Waals surface area contributed by atoms with Gasteiger partial charge in [0.05, 0.1) is 11.0 Å². The fraction of sp³-hybridized carbons (Fsp3) is 0.278. The monoisotopic (exact) mass is 396 g/mol. The Balaban J connectivity index is 2.14. The summed E-state index contributed by atoms with van der Waals surface area (Å²) in [5.41, 5.74) is 1.45. The lowest BCUT2D eigenvalue weighted by atomic mass is 10.1. The molecule has 0 spiro atoms. The van der Waals surface area contributed by atoms with E-state index in [4.69, 9.17) is 11.6 Å². The first-order chi connectivity index (χ1) is 12.2. The van der Waals surface area contributed by atoms with Crippen molar-refractivity contribution in [3.05, 3.63) is 64.2 Å². The first-order valence-electron chi connectivity index (χ1n) is 8.06. The lowest BCUT2D eigenvalue weighted by molar-refractivity contribution is 0.0915. The first kappa shape index (κ1) is 20.4. The lowest BCUT2D eigenvalue weighted by Crippen LogP contribution is -2.29. The third-order valence-corrected chi connectivity index (χ3v) is 5.57. The number of aliphatic hydroxyl groups excluding tert-OH is 1. The average molecular weight is 397 g/mol. The average Bonchev–Trinajstić information content (AvgIpc) is 2.59. The molecule has 0 aliphatic rings. The molecule has 3 N–H and O–H groups in total. The molecule has 2 aromatic carbocycles. The Bertz CT molecular complexity index is 900. The van der Waals surface area contributed by atoms with Crippen LogP contribution in [0.15, 0.2) is 47.4 Å². The third kappa shape index (κ3) is 5.04. The van der Waals surface area contributed by atoms with E-state index in [1.54, 1.807) is 44.2 Å². The number of amides is 1. The van der Waals surface area contributed by atoms with E-state index < -0.39 is 22.0 Å². The van der Waals surface area contributed by atoms with Crippen molar-refractivity contribution in [2.75, 3.05) is 13.1 Å². The summed E-state index contributed by atoms with van der Waals surface area (Å²) >= 11 is 5.89. The van der Waals surface area contributed by atoms with Crippen molar-refractivity contribution in [3.63, 3.8) is 0 Å². The topological polar surface area (TPSA) is 95.5 Å². The van der Waals surface area contributed by atoms with Crippen LogP contribution in [0.5, 0.6) is 0 Å². The van der Waals surface area contributed by atoms with Crippen LogP contribution in [-0.4, -0.2) is 32.5 Å². The van der Waals surface area contributed by atoms with Gasteiger partial charge in [-0.25, -0.2) is 13.1 Å². The molecule has 0 aliphatic carbocycles. The summed E-state index contributed by atoms with van der Waals surface area (Å²) < 4.78 is 26.6. The largest absolute Gasteiger partial charge is 0.387 e. The number of nitrogens with one attached hydrogen (secondary N) is 2. The maximum Gasteiger partial charge on any atom is 0.251 e. The van der Waals surface area contributed by atoms with Gasteiger partial charge in [0.1, 0.15) is 0 Å². The Morgan fingerprint density at radius 1 is 1.23 bits per heavy atom. The van der Waals surface area contributed by atoms with Crippen LogP contribution in [0.2, 0.25) is 5.02 Å². The van der Waals surface area contributed by atoms with E-state index in [0.717, 1.165) is 0 Å². The summed E-state index contributed by atoms with van der Waals surface area (Å²) in [6.45, 7) is 3.62. The number of hydrogen-bond donors (Lipinski definition) is 3. The van der Waals surface area contributed by atoms with Gasteiger partial charge < -0.3 is 10.4 Å². The highest BCUT2D eigenvalue weighted by Crippen LogP contribution is 2.18. The molecule has 0 aliphatic heterocycles. The summed E-state index contributed by atoms with van der Waals surface area (Å²) in [6, 6.07) is 11.1. The molecule has 0 radical (unpaired) electrons. The normalized spacial score (nSPS) is 12.6. The Labute approximate surface area is 158 Å². The second-order valence-corrected chi connectivity index (χ2v) is 7.96. The minimum atomic E-state index is -3.66. The van der Waals surface area contributed by atoms with Crippen molar-refractivity contribution in [3.8, 4) is 0 Å². The summed E-state index contributed by atoms with van der Waals surface area (Å²) in [6.07, 6.45) is -0.924. The van der Waals surface area contributed by atoms with Crippen molar-refractivity contribution in [2.45, 2.75) is 24.8 Å². The van der Waals surface area contributed by atoms with Crippen LogP contribution in [0.4, 0.5) is 0 Å². The van der Waals surface area contributed by atoms with E-state index in [9.17, 15) is 18.3 Å². The number of aliphatic hydroxyl groups is 1. The molecule has 2 rings (SSSR count). The molecule has 0 fully saturated rings. The molecule has 0 heterocycles. The minimum Gasteiger partial charge on any atom is -0.387 e. The van der Waals surface area contributed by atoms with Gasteiger partial charge in [0, 0.05) is 23.7 Å². The van der Waals surface area contributed by atoms with Gasteiger partial charge >= 0.3 is 0 Å². The number of sulfonamides is 1. The van der Waals surface area contributed by atoms with E-state index >= 15 is 0 Å². The fourth-order valence-electron chi connectivity index (χ4n) is 2.40. The molecule has 0 aromatic heterocycles. The predicted molar refractivity (Wildman–Crippen MR) is 101 cm³/mol. The van der Waals surface area contributed by atoms with Crippen molar-refractivity contribution >= 4 is 27.5 Å². The number of rotatable bonds is 7. The number of aryl methyl sites for hydroxylation is 1. The van der Waals surface area contributed by atoms with Crippen LogP contribution in [0.3, 0.4) is 0 Å². The van der Waals surface area contributed by atoms with E-state index in [1.165, 1.54) is 12.1 Å². The maximum absolute atomic E-state index is 12.4. The van der Waals surface area contributed by atoms with Crippen molar-refractivity contribution in [2.24, 2.45) is 0 Å².